The van der Waals surface area contributed by atoms with Crippen molar-refractivity contribution < 1.29 is 4.74 Å². The molecule has 2 aromatic rings. The molecular formula is C16H20BrN3O. The van der Waals surface area contributed by atoms with Gasteiger partial charge in [0.25, 0.3) is 0 Å². The van der Waals surface area contributed by atoms with E-state index >= 15 is 0 Å². The Bertz CT molecular complexity index is 626. The first-order chi connectivity index (χ1) is 10.2. The van der Waals surface area contributed by atoms with Crippen molar-refractivity contribution in [2.45, 2.75) is 39.0 Å². The van der Waals surface area contributed by atoms with Crippen LogP contribution in [0.25, 0.3) is 0 Å². The molecular weight excluding hydrogens is 330 g/mol. The maximum atomic E-state index is 6.21. The zero-order chi connectivity index (χ0) is 14.8. The maximum absolute atomic E-state index is 6.21. The van der Waals surface area contributed by atoms with Crippen molar-refractivity contribution in [3.8, 4) is 5.75 Å². The van der Waals surface area contributed by atoms with Crippen molar-refractivity contribution in [3.05, 3.63) is 46.2 Å². The molecule has 1 aromatic carbocycles. The van der Waals surface area contributed by atoms with Gasteiger partial charge >= 0.3 is 0 Å². The van der Waals surface area contributed by atoms with Gasteiger partial charge < -0.3 is 10.1 Å². The van der Waals surface area contributed by atoms with Crippen molar-refractivity contribution in [1.82, 2.24) is 15.1 Å². The Morgan fingerprint density at radius 3 is 3.00 bits per heavy atom. The number of hydrogen-bond donors (Lipinski definition) is 1. The van der Waals surface area contributed by atoms with E-state index in [2.05, 4.69) is 64.6 Å². The van der Waals surface area contributed by atoms with Crippen LogP contribution in [0.3, 0.4) is 0 Å². The Morgan fingerprint density at radius 1 is 1.43 bits per heavy atom. The maximum Gasteiger partial charge on any atom is 0.129 e. The lowest BCUT2D eigenvalue weighted by Crippen LogP contribution is -2.28. The summed E-state index contributed by atoms with van der Waals surface area (Å²) in [6.07, 6.45) is 4.98. The van der Waals surface area contributed by atoms with E-state index in [0.717, 1.165) is 35.3 Å². The summed E-state index contributed by atoms with van der Waals surface area (Å²) in [6, 6.07) is 6.58. The molecule has 2 atom stereocenters. The lowest BCUT2D eigenvalue weighted by molar-refractivity contribution is 0.152. The summed E-state index contributed by atoms with van der Waals surface area (Å²) in [6.45, 7) is 6.05. The van der Waals surface area contributed by atoms with Crippen LogP contribution >= 0.6 is 15.9 Å². The molecule has 21 heavy (non-hydrogen) atoms. The molecule has 0 bridgehead atoms. The van der Waals surface area contributed by atoms with Gasteiger partial charge in [-0.15, -0.1) is 0 Å². The average molecular weight is 350 g/mol. The summed E-state index contributed by atoms with van der Waals surface area (Å²) in [7, 11) is 0. The van der Waals surface area contributed by atoms with Gasteiger partial charge in [-0.05, 0) is 25.6 Å². The molecule has 0 amide bonds. The van der Waals surface area contributed by atoms with Gasteiger partial charge in [-0.1, -0.05) is 28.9 Å². The van der Waals surface area contributed by atoms with Gasteiger partial charge in [-0.2, -0.15) is 5.10 Å². The van der Waals surface area contributed by atoms with Gasteiger partial charge in [0.05, 0.1) is 6.20 Å². The van der Waals surface area contributed by atoms with Crippen molar-refractivity contribution in [1.29, 1.82) is 0 Å². The van der Waals surface area contributed by atoms with E-state index in [1.165, 1.54) is 5.56 Å². The van der Waals surface area contributed by atoms with Gasteiger partial charge in [0, 0.05) is 40.8 Å². The van der Waals surface area contributed by atoms with Crippen LogP contribution in [0.2, 0.25) is 0 Å². The molecule has 0 saturated heterocycles. The van der Waals surface area contributed by atoms with Crippen molar-refractivity contribution >= 4 is 15.9 Å². The summed E-state index contributed by atoms with van der Waals surface area (Å²) in [5.41, 5.74) is 2.38. The lowest BCUT2D eigenvalue weighted by Gasteiger charge is -2.32. The second-order valence-electron chi connectivity index (χ2n) is 5.26. The van der Waals surface area contributed by atoms with Crippen LogP contribution in [0.1, 0.15) is 43.5 Å². The number of fused-ring (bicyclic) bond motifs is 1. The van der Waals surface area contributed by atoms with Crippen molar-refractivity contribution in [3.63, 3.8) is 0 Å². The van der Waals surface area contributed by atoms with Crippen LogP contribution in [0, 0.1) is 0 Å². The van der Waals surface area contributed by atoms with Crippen LogP contribution in [0.4, 0.5) is 0 Å². The standard InChI is InChI=1S/C16H20BrN3O/c1-3-18-14-8-15(11-9-19-20(4-2)10-11)21-16-7-12(17)5-6-13(14)16/h5-7,9-10,14-15,18H,3-4,8H2,1-2H3. The van der Waals surface area contributed by atoms with Gasteiger partial charge in [0.15, 0.2) is 0 Å². The fourth-order valence-corrected chi connectivity index (χ4v) is 3.14. The fraction of sp³-hybridized carbons (Fsp3) is 0.438. The molecule has 1 aliphatic rings. The highest BCUT2D eigenvalue weighted by Crippen LogP contribution is 2.41. The lowest BCUT2D eigenvalue weighted by atomic mass is 9.94. The van der Waals surface area contributed by atoms with E-state index < -0.39 is 0 Å². The first-order valence-corrected chi connectivity index (χ1v) is 8.22. The molecule has 4 nitrogen and oxygen atoms in total. The molecule has 0 spiro atoms. The first kappa shape index (κ1) is 14.6. The SMILES string of the molecule is CCNC1CC(c2cnn(CC)c2)Oc2cc(Br)ccc21. The second-order valence-corrected chi connectivity index (χ2v) is 6.18. The summed E-state index contributed by atoms with van der Waals surface area (Å²) in [4.78, 5) is 0. The number of hydrogen-bond acceptors (Lipinski definition) is 3. The highest BCUT2D eigenvalue weighted by molar-refractivity contribution is 9.10. The third kappa shape index (κ3) is 2.99. The number of rotatable bonds is 4. The first-order valence-electron chi connectivity index (χ1n) is 7.43. The number of aryl methyl sites for hydroxylation is 1. The number of benzene rings is 1. The second kappa shape index (κ2) is 6.20. The summed E-state index contributed by atoms with van der Waals surface area (Å²) >= 11 is 3.52. The zero-order valence-corrected chi connectivity index (χ0v) is 13.9. The predicted molar refractivity (Wildman–Crippen MR) is 86.4 cm³/mol. The Labute approximate surface area is 133 Å². The van der Waals surface area contributed by atoms with E-state index in [0.29, 0.717) is 6.04 Å². The molecule has 2 heterocycles. The summed E-state index contributed by atoms with van der Waals surface area (Å²) in [5, 5.41) is 7.92. The number of halogens is 1. The molecule has 0 saturated carbocycles. The van der Waals surface area contributed by atoms with E-state index in [9.17, 15) is 0 Å². The van der Waals surface area contributed by atoms with Gasteiger partial charge in [-0.25, -0.2) is 0 Å². The van der Waals surface area contributed by atoms with E-state index in [1.54, 1.807) is 0 Å². The highest BCUT2D eigenvalue weighted by Gasteiger charge is 2.29. The van der Waals surface area contributed by atoms with Crippen LogP contribution in [-0.2, 0) is 6.54 Å². The Balaban J connectivity index is 1.92. The Morgan fingerprint density at radius 2 is 2.29 bits per heavy atom. The molecule has 5 heteroatoms. The average Bonchev–Trinajstić information content (AvgIpc) is 2.96. The van der Waals surface area contributed by atoms with E-state index in [-0.39, 0.29) is 6.10 Å². The van der Waals surface area contributed by atoms with Crippen LogP contribution in [-0.4, -0.2) is 16.3 Å². The fourth-order valence-electron chi connectivity index (χ4n) is 2.80. The molecule has 1 aliphatic heterocycles. The summed E-state index contributed by atoms with van der Waals surface area (Å²) in [5.74, 6) is 0.954. The minimum atomic E-state index is 0.0520. The molecule has 1 aromatic heterocycles. The Hall–Kier alpha value is -1.33. The van der Waals surface area contributed by atoms with Crippen LogP contribution in [0.15, 0.2) is 35.1 Å². The topological polar surface area (TPSA) is 39.1 Å². The molecule has 112 valence electrons. The highest BCUT2D eigenvalue weighted by atomic mass is 79.9. The van der Waals surface area contributed by atoms with Crippen LogP contribution in [0.5, 0.6) is 5.75 Å². The minimum absolute atomic E-state index is 0.0520. The number of nitrogens with one attached hydrogen (secondary N) is 1. The molecule has 2 unspecified atom stereocenters. The van der Waals surface area contributed by atoms with Gasteiger partial charge in [0.1, 0.15) is 11.9 Å². The monoisotopic (exact) mass is 349 g/mol. The molecule has 0 radical (unpaired) electrons. The minimum Gasteiger partial charge on any atom is -0.485 e. The molecule has 1 N–H and O–H groups in total. The molecule has 0 aliphatic carbocycles. The van der Waals surface area contributed by atoms with E-state index in [4.69, 9.17) is 4.74 Å². The largest absolute Gasteiger partial charge is 0.485 e. The zero-order valence-electron chi connectivity index (χ0n) is 12.3. The molecule has 3 rings (SSSR count). The van der Waals surface area contributed by atoms with Crippen molar-refractivity contribution in [2.75, 3.05) is 6.54 Å². The van der Waals surface area contributed by atoms with E-state index in [1.807, 2.05) is 10.9 Å². The predicted octanol–water partition coefficient (Wildman–Crippen LogP) is 3.84. The third-order valence-electron chi connectivity index (χ3n) is 3.87. The molecule has 0 fully saturated rings. The van der Waals surface area contributed by atoms with Gasteiger partial charge in [0.2, 0.25) is 0 Å². The van der Waals surface area contributed by atoms with Crippen molar-refractivity contribution in [2.24, 2.45) is 0 Å². The third-order valence-corrected chi connectivity index (χ3v) is 4.36. The normalized spacial score (nSPS) is 20.9. The Kier molecular flexibility index (Phi) is 4.31. The van der Waals surface area contributed by atoms with Crippen LogP contribution < -0.4 is 10.1 Å². The van der Waals surface area contributed by atoms with Gasteiger partial charge in [-0.3, -0.25) is 4.68 Å². The number of nitrogens with zero attached hydrogens (tertiary/aromatic N) is 2. The number of ether oxygens (including phenoxy) is 1. The number of aromatic nitrogens is 2. The quantitative estimate of drug-likeness (QED) is 0.911. The summed E-state index contributed by atoms with van der Waals surface area (Å²) < 4.78 is 9.19. The smallest absolute Gasteiger partial charge is 0.129 e.